The average molecular weight is 396 g/mol. The molecule has 0 aromatic heterocycles. The highest BCUT2D eigenvalue weighted by molar-refractivity contribution is 9.11. The Morgan fingerprint density at radius 3 is 1.44 bits per heavy atom. The van der Waals surface area contributed by atoms with Crippen LogP contribution in [0.25, 0.3) is 0 Å². The van der Waals surface area contributed by atoms with Gasteiger partial charge in [0.25, 0.3) is 20.2 Å². The highest BCUT2D eigenvalue weighted by atomic mass is 79.9. The lowest BCUT2D eigenvalue weighted by Crippen LogP contribution is -2.05. The lowest BCUT2D eigenvalue weighted by atomic mass is 10.4. The van der Waals surface area contributed by atoms with Gasteiger partial charge in [0.15, 0.2) is 0 Å². The monoisotopic (exact) mass is 394 g/mol. The lowest BCUT2D eigenvalue weighted by Gasteiger charge is -2.06. The second-order valence-electron chi connectivity index (χ2n) is 2.67. The fourth-order valence-corrected chi connectivity index (χ4v) is 4.42. The molecule has 0 spiro atoms. The third-order valence-electron chi connectivity index (χ3n) is 1.53. The predicted molar refractivity (Wildman–Crippen MR) is 61.5 cm³/mol. The van der Waals surface area contributed by atoms with Gasteiger partial charge in [-0.3, -0.25) is 9.11 Å². The smallest absolute Gasteiger partial charge is 0.282 e. The molecule has 0 aliphatic carbocycles. The van der Waals surface area contributed by atoms with E-state index in [9.17, 15) is 16.8 Å². The molecule has 0 fully saturated rings. The van der Waals surface area contributed by atoms with E-state index < -0.39 is 34.5 Å². The number of rotatable bonds is 2. The van der Waals surface area contributed by atoms with E-state index in [1.165, 1.54) is 0 Å². The molecule has 0 bridgehead atoms. The molecule has 1 aromatic carbocycles. The van der Waals surface area contributed by atoms with Crippen molar-refractivity contribution >= 4 is 52.1 Å². The Morgan fingerprint density at radius 2 is 1.19 bits per heavy atom. The quantitative estimate of drug-likeness (QED) is 0.737. The van der Waals surface area contributed by atoms with Crippen molar-refractivity contribution in [3.05, 3.63) is 21.1 Å². The van der Waals surface area contributed by atoms with Gasteiger partial charge in [-0.25, -0.2) is 0 Å². The van der Waals surface area contributed by atoms with Gasteiger partial charge in [0, 0.05) is 4.47 Å². The van der Waals surface area contributed by atoms with Crippen LogP contribution in [0.15, 0.2) is 30.9 Å². The summed E-state index contributed by atoms with van der Waals surface area (Å²) in [6, 6.07) is 1.99. The van der Waals surface area contributed by atoms with E-state index in [1.807, 2.05) is 0 Å². The van der Waals surface area contributed by atoms with Crippen LogP contribution in [-0.4, -0.2) is 25.9 Å². The van der Waals surface area contributed by atoms with Crippen LogP contribution in [-0.2, 0) is 20.2 Å². The Bertz CT molecular complexity index is 580. The Morgan fingerprint density at radius 1 is 0.875 bits per heavy atom. The van der Waals surface area contributed by atoms with Crippen LogP contribution >= 0.6 is 31.9 Å². The zero-order valence-electron chi connectivity index (χ0n) is 7.25. The minimum atomic E-state index is -4.59. The van der Waals surface area contributed by atoms with Gasteiger partial charge in [-0.05, 0) is 28.1 Å². The minimum Gasteiger partial charge on any atom is -0.282 e. The molecule has 10 heteroatoms. The maximum absolute atomic E-state index is 10.9. The van der Waals surface area contributed by atoms with Gasteiger partial charge >= 0.3 is 0 Å². The Hall–Kier alpha value is -0.000000000000000167. The Labute approximate surface area is 108 Å². The average Bonchev–Trinajstić information content (AvgIpc) is 2.04. The maximum Gasteiger partial charge on any atom is 0.295 e. The molecule has 1 aromatic rings. The van der Waals surface area contributed by atoms with Gasteiger partial charge in [-0.15, -0.1) is 0 Å². The first-order valence-electron chi connectivity index (χ1n) is 3.47. The van der Waals surface area contributed by atoms with E-state index in [4.69, 9.17) is 9.11 Å². The molecule has 0 saturated heterocycles. The van der Waals surface area contributed by atoms with Gasteiger partial charge in [0.2, 0.25) is 0 Å². The molecule has 0 atom stereocenters. The van der Waals surface area contributed by atoms with Gasteiger partial charge in [0.05, 0.1) is 4.47 Å². The second-order valence-corrected chi connectivity index (χ2v) is 7.15. The van der Waals surface area contributed by atoms with Crippen LogP contribution in [0.1, 0.15) is 0 Å². The van der Waals surface area contributed by atoms with Crippen molar-refractivity contribution in [3.8, 4) is 0 Å². The molecule has 0 heterocycles. The topological polar surface area (TPSA) is 109 Å². The molecule has 0 amide bonds. The van der Waals surface area contributed by atoms with Crippen LogP contribution in [0.4, 0.5) is 0 Å². The summed E-state index contributed by atoms with van der Waals surface area (Å²) in [6.45, 7) is 0. The van der Waals surface area contributed by atoms with Crippen LogP contribution in [0.5, 0.6) is 0 Å². The summed E-state index contributed by atoms with van der Waals surface area (Å²) in [5.74, 6) is 0. The van der Waals surface area contributed by atoms with Crippen LogP contribution in [0, 0.1) is 0 Å². The summed E-state index contributed by atoms with van der Waals surface area (Å²) >= 11 is 5.55. The van der Waals surface area contributed by atoms with Gasteiger partial charge in [0.1, 0.15) is 9.79 Å². The van der Waals surface area contributed by atoms with Gasteiger partial charge in [-0.2, -0.15) is 16.8 Å². The van der Waals surface area contributed by atoms with Crippen LogP contribution in [0.2, 0.25) is 0 Å². The van der Waals surface area contributed by atoms with E-state index in [-0.39, 0.29) is 4.47 Å². The molecule has 1 rings (SSSR count). The third kappa shape index (κ3) is 3.02. The predicted octanol–water partition coefficient (Wildman–Crippen LogP) is 1.71. The largest absolute Gasteiger partial charge is 0.295 e. The molecule has 0 radical (unpaired) electrons. The molecule has 90 valence electrons. The molecule has 0 unspecified atom stereocenters. The molecule has 0 aliphatic rings. The van der Waals surface area contributed by atoms with E-state index in [2.05, 4.69) is 31.9 Å². The molecule has 16 heavy (non-hydrogen) atoms. The standard InChI is InChI=1S/C6H4Br2O6S2/c7-3-1-4(15(9,10)11)6(8)5(2-3)16(12,13)14/h1-2H,(H,9,10,11)(H,12,13,14). The zero-order valence-corrected chi connectivity index (χ0v) is 12.1. The first-order valence-corrected chi connectivity index (χ1v) is 7.94. The molecule has 0 saturated carbocycles. The van der Waals surface area contributed by atoms with Crippen molar-refractivity contribution in [1.29, 1.82) is 0 Å². The minimum absolute atomic E-state index is 0.0796. The van der Waals surface area contributed by atoms with Crippen molar-refractivity contribution in [1.82, 2.24) is 0 Å². The number of benzene rings is 1. The van der Waals surface area contributed by atoms with Crippen LogP contribution < -0.4 is 0 Å². The van der Waals surface area contributed by atoms with E-state index in [1.54, 1.807) is 0 Å². The first kappa shape index (κ1) is 14.1. The van der Waals surface area contributed by atoms with Crippen molar-refractivity contribution < 1.29 is 25.9 Å². The highest BCUT2D eigenvalue weighted by Gasteiger charge is 2.23. The number of hydrogen-bond acceptors (Lipinski definition) is 4. The normalized spacial score (nSPS) is 12.8. The first-order chi connectivity index (χ1) is 7.03. The molecular formula is C6H4Br2O6S2. The van der Waals surface area contributed by atoms with Crippen molar-refractivity contribution in [2.75, 3.05) is 0 Å². The highest BCUT2D eigenvalue weighted by Crippen LogP contribution is 2.32. The van der Waals surface area contributed by atoms with Crippen molar-refractivity contribution in [3.63, 3.8) is 0 Å². The summed E-state index contributed by atoms with van der Waals surface area (Å²) in [6.07, 6.45) is 0. The number of hydrogen-bond donors (Lipinski definition) is 2. The summed E-state index contributed by atoms with van der Waals surface area (Å²) in [7, 11) is -9.18. The fourth-order valence-electron chi connectivity index (χ4n) is 0.916. The lowest BCUT2D eigenvalue weighted by molar-refractivity contribution is 0.479. The summed E-state index contributed by atoms with van der Waals surface area (Å²) in [5, 5.41) is 0. The maximum atomic E-state index is 10.9. The summed E-state index contributed by atoms with van der Waals surface area (Å²) in [4.78, 5) is -1.32. The van der Waals surface area contributed by atoms with Crippen molar-refractivity contribution in [2.24, 2.45) is 0 Å². The molecular weight excluding hydrogens is 392 g/mol. The Balaban J connectivity index is 3.78. The van der Waals surface area contributed by atoms with E-state index >= 15 is 0 Å². The fraction of sp³-hybridized carbons (Fsp3) is 0. The molecule has 2 N–H and O–H groups in total. The van der Waals surface area contributed by atoms with Gasteiger partial charge in [-0.1, -0.05) is 15.9 Å². The second kappa shape index (κ2) is 4.35. The zero-order chi connectivity index (χ0) is 12.7. The van der Waals surface area contributed by atoms with Crippen LogP contribution in [0.3, 0.4) is 0 Å². The van der Waals surface area contributed by atoms with E-state index in [0.717, 1.165) is 12.1 Å². The molecule has 6 nitrogen and oxygen atoms in total. The Kier molecular flexibility index (Phi) is 3.82. The summed E-state index contributed by atoms with van der Waals surface area (Å²) in [5.41, 5.74) is 0. The summed E-state index contributed by atoms with van der Waals surface area (Å²) < 4.78 is 61.0. The van der Waals surface area contributed by atoms with Crippen molar-refractivity contribution in [2.45, 2.75) is 9.79 Å². The van der Waals surface area contributed by atoms with E-state index in [0.29, 0.717) is 0 Å². The molecule has 0 aliphatic heterocycles. The third-order valence-corrected chi connectivity index (χ3v) is 5.12. The number of halogens is 2. The van der Waals surface area contributed by atoms with Gasteiger partial charge < -0.3 is 0 Å². The SMILES string of the molecule is O=S(=O)(O)c1cc(Br)cc(S(=O)(=O)O)c1Br.